The van der Waals surface area contributed by atoms with E-state index in [2.05, 4.69) is 19.9 Å². The van der Waals surface area contributed by atoms with Gasteiger partial charge in [-0.3, -0.25) is 9.69 Å². The van der Waals surface area contributed by atoms with Crippen LogP contribution in [0.5, 0.6) is 0 Å². The van der Waals surface area contributed by atoms with Crippen LogP contribution in [0.1, 0.15) is 15.9 Å². The van der Waals surface area contributed by atoms with Crippen LogP contribution in [0.25, 0.3) is 11.2 Å². The van der Waals surface area contributed by atoms with Crippen LogP contribution in [0, 0.1) is 0 Å². The normalized spacial score (nSPS) is 14.1. The van der Waals surface area contributed by atoms with Crippen molar-refractivity contribution in [3.05, 3.63) is 47.0 Å². The standard InChI is InChI=1S/C13H8ClN5O/c14-13-17-10-9(15-6-16-10)11(18-13)19-5-7-3-1-2-4-8(7)12(19)20/h1-4,6H,5H2,(H,15,16,17,18). The molecule has 1 aliphatic rings. The number of halogens is 1. The molecule has 98 valence electrons. The minimum Gasteiger partial charge on any atom is -0.340 e. The van der Waals surface area contributed by atoms with E-state index in [0.29, 0.717) is 29.1 Å². The SMILES string of the molecule is O=C1c2ccccc2CN1c1nc(Cl)nc2nc[nH]c12. The van der Waals surface area contributed by atoms with E-state index in [0.717, 1.165) is 5.56 Å². The molecule has 0 unspecified atom stereocenters. The number of H-pyrrole nitrogens is 1. The van der Waals surface area contributed by atoms with Gasteiger partial charge in [-0.25, -0.2) is 4.98 Å². The highest BCUT2D eigenvalue weighted by Gasteiger charge is 2.31. The Balaban J connectivity index is 1.90. The molecule has 1 N–H and O–H groups in total. The minimum absolute atomic E-state index is 0.0726. The fraction of sp³-hybridized carbons (Fsp3) is 0.0769. The molecular weight excluding hydrogens is 278 g/mol. The van der Waals surface area contributed by atoms with E-state index in [1.54, 1.807) is 4.90 Å². The summed E-state index contributed by atoms with van der Waals surface area (Å²) in [7, 11) is 0. The predicted octanol–water partition coefficient (Wildman–Crippen LogP) is 2.17. The van der Waals surface area contributed by atoms with Crippen LogP contribution in [-0.4, -0.2) is 25.8 Å². The molecule has 3 aromatic rings. The molecule has 0 saturated carbocycles. The summed E-state index contributed by atoms with van der Waals surface area (Å²) in [5.74, 6) is 0.366. The first-order valence-corrected chi connectivity index (χ1v) is 6.38. The van der Waals surface area contributed by atoms with Gasteiger partial charge in [-0.05, 0) is 23.2 Å². The first-order chi connectivity index (χ1) is 9.74. The lowest BCUT2D eigenvalue weighted by atomic mass is 10.1. The van der Waals surface area contributed by atoms with E-state index in [4.69, 9.17) is 11.6 Å². The molecule has 6 nitrogen and oxygen atoms in total. The maximum absolute atomic E-state index is 12.5. The van der Waals surface area contributed by atoms with Gasteiger partial charge in [0.15, 0.2) is 11.5 Å². The number of benzene rings is 1. The third-order valence-electron chi connectivity index (χ3n) is 3.32. The quantitative estimate of drug-likeness (QED) is 0.695. The molecule has 4 rings (SSSR count). The van der Waals surface area contributed by atoms with Gasteiger partial charge < -0.3 is 4.98 Å². The molecule has 0 radical (unpaired) electrons. The maximum atomic E-state index is 12.5. The van der Waals surface area contributed by atoms with E-state index in [1.165, 1.54) is 6.33 Å². The fourth-order valence-electron chi connectivity index (χ4n) is 2.41. The molecule has 0 bridgehead atoms. The number of hydrogen-bond acceptors (Lipinski definition) is 4. The number of nitrogens with zero attached hydrogens (tertiary/aromatic N) is 4. The number of fused-ring (bicyclic) bond motifs is 2. The Bertz CT molecular complexity index is 844. The number of aromatic nitrogens is 4. The van der Waals surface area contributed by atoms with Gasteiger partial charge in [-0.2, -0.15) is 9.97 Å². The molecule has 3 heterocycles. The van der Waals surface area contributed by atoms with Crippen molar-refractivity contribution in [3.8, 4) is 0 Å². The van der Waals surface area contributed by atoms with Crippen LogP contribution in [0.3, 0.4) is 0 Å². The van der Waals surface area contributed by atoms with Crippen LogP contribution < -0.4 is 4.90 Å². The van der Waals surface area contributed by atoms with Gasteiger partial charge in [0.2, 0.25) is 5.28 Å². The van der Waals surface area contributed by atoms with Gasteiger partial charge in [-0.1, -0.05) is 18.2 Å². The number of aromatic amines is 1. The number of anilines is 1. The van der Waals surface area contributed by atoms with Crippen molar-refractivity contribution in [1.29, 1.82) is 0 Å². The van der Waals surface area contributed by atoms with Gasteiger partial charge in [0.1, 0.15) is 5.52 Å². The third-order valence-corrected chi connectivity index (χ3v) is 3.49. The van der Waals surface area contributed by atoms with Gasteiger partial charge in [0.05, 0.1) is 12.9 Å². The number of amides is 1. The van der Waals surface area contributed by atoms with Crippen molar-refractivity contribution < 1.29 is 4.79 Å². The number of imidazole rings is 1. The lowest BCUT2D eigenvalue weighted by Crippen LogP contribution is -2.24. The predicted molar refractivity (Wildman–Crippen MR) is 73.6 cm³/mol. The molecule has 0 atom stereocenters. The van der Waals surface area contributed by atoms with Crippen LogP contribution in [0.2, 0.25) is 5.28 Å². The summed E-state index contributed by atoms with van der Waals surface area (Å²) in [5, 5.41) is 0.0726. The first kappa shape index (κ1) is 11.4. The van der Waals surface area contributed by atoms with Crippen LogP contribution in [-0.2, 0) is 6.54 Å². The monoisotopic (exact) mass is 285 g/mol. The molecule has 1 aliphatic heterocycles. The Hall–Kier alpha value is -2.47. The molecule has 1 aromatic carbocycles. The Morgan fingerprint density at radius 2 is 2.10 bits per heavy atom. The molecule has 20 heavy (non-hydrogen) atoms. The lowest BCUT2D eigenvalue weighted by Gasteiger charge is -2.14. The van der Waals surface area contributed by atoms with Crippen molar-refractivity contribution >= 4 is 34.5 Å². The smallest absolute Gasteiger partial charge is 0.260 e. The van der Waals surface area contributed by atoms with E-state index in [1.807, 2.05) is 24.3 Å². The molecule has 0 fully saturated rings. The van der Waals surface area contributed by atoms with Crippen LogP contribution in [0.4, 0.5) is 5.82 Å². The summed E-state index contributed by atoms with van der Waals surface area (Å²) in [6, 6.07) is 7.50. The number of carbonyl (C=O) groups excluding carboxylic acids is 1. The Morgan fingerprint density at radius 3 is 2.95 bits per heavy atom. The highest BCUT2D eigenvalue weighted by atomic mass is 35.5. The zero-order valence-corrected chi connectivity index (χ0v) is 10.9. The molecule has 2 aromatic heterocycles. The topological polar surface area (TPSA) is 74.8 Å². The van der Waals surface area contributed by atoms with Crippen molar-refractivity contribution in [3.63, 3.8) is 0 Å². The molecule has 0 aliphatic carbocycles. The fourth-order valence-corrected chi connectivity index (χ4v) is 2.57. The Morgan fingerprint density at radius 1 is 1.25 bits per heavy atom. The number of carbonyl (C=O) groups is 1. The van der Waals surface area contributed by atoms with Gasteiger partial charge in [0, 0.05) is 5.56 Å². The number of nitrogens with one attached hydrogen (secondary N) is 1. The largest absolute Gasteiger partial charge is 0.340 e. The van der Waals surface area contributed by atoms with E-state index < -0.39 is 0 Å². The second-order valence-electron chi connectivity index (χ2n) is 4.47. The Kier molecular flexibility index (Phi) is 2.28. The van der Waals surface area contributed by atoms with Crippen molar-refractivity contribution in [2.45, 2.75) is 6.54 Å². The average Bonchev–Trinajstić information content (AvgIpc) is 3.03. The zero-order valence-electron chi connectivity index (χ0n) is 10.2. The summed E-state index contributed by atoms with van der Waals surface area (Å²) in [6.07, 6.45) is 1.51. The highest BCUT2D eigenvalue weighted by molar-refractivity contribution is 6.29. The third kappa shape index (κ3) is 1.51. The van der Waals surface area contributed by atoms with Gasteiger partial charge in [-0.15, -0.1) is 0 Å². The van der Waals surface area contributed by atoms with Crippen LogP contribution in [0.15, 0.2) is 30.6 Å². The summed E-state index contributed by atoms with van der Waals surface area (Å²) in [6.45, 7) is 0.469. The van der Waals surface area contributed by atoms with E-state index >= 15 is 0 Å². The summed E-state index contributed by atoms with van der Waals surface area (Å²) >= 11 is 5.90. The highest BCUT2D eigenvalue weighted by Crippen LogP contribution is 2.30. The van der Waals surface area contributed by atoms with Gasteiger partial charge in [0.25, 0.3) is 5.91 Å². The lowest BCUT2D eigenvalue weighted by molar-refractivity contribution is 0.0996. The molecule has 0 saturated heterocycles. The molecule has 0 spiro atoms. The maximum Gasteiger partial charge on any atom is 0.260 e. The second kappa shape index (κ2) is 4.01. The number of rotatable bonds is 1. The zero-order chi connectivity index (χ0) is 13.7. The molecular formula is C13H8ClN5O. The molecule has 7 heteroatoms. The number of hydrogen-bond donors (Lipinski definition) is 1. The van der Waals surface area contributed by atoms with Crippen molar-refractivity contribution in [2.75, 3.05) is 4.90 Å². The average molecular weight is 286 g/mol. The summed E-state index contributed by atoms with van der Waals surface area (Å²) < 4.78 is 0. The Labute approximate surface area is 118 Å². The summed E-state index contributed by atoms with van der Waals surface area (Å²) in [5.41, 5.74) is 2.72. The van der Waals surface area contributed by atoms with Gasteiger partial charge >= 0.3 is 0 Å². The van der Waals surface area contributed by atoms with Crippen molar-refractivity contribution in [1.82, 2.24) is 19.9 Å². The molecule has 1 amide bonds. The second-order valence-corrected chi connectivity index (χ2v) is 4.80. The first-order valence-electron chi connectivity index (χ1n) is 6.00. The minimum atomic E-state index is -0.0914. The van der Waals surface area contributed by atoms with Crippen LogP contribution >= 0.6 is 11.6 Å². The van der Waals surface area contributed by atoms with E-state index in [-0.39, 0.29) is 11.2 Å². The summed E-state index contributed by atoms with van der Waals surface area (Å²) in [4.78, 5) is 29.2. The van der Waals surface area contributed by atoms with E-state index in [9.17, 15) is 4.79 Å². The van der Waals surface area contributed by atoms with Crippen molar-refractivity contribution in [2.24, 2.45) is 0 Å².